The zero-order valence-corrected chi connectivity index (χ0v) is 22.0. The van der Waals surface area contributed by atoms with E-state index in [9.17, 15) is 4.79 Å². The number of hydrogen-bond donors (Lipinski definition) is 2. The van der Waals surface area contributed by atoms with Crippen molar-refractivity contribution in [3.63, 3.8) is 0 Å². The predicted molar refractivity (Wildman–Crippen MR) is 161 cm³/mol. The molecule has 6 aromatic rings. The standard InChI is InChI=1S/C34H24N6O/c35-19-25-16-28(25)34(41)40-31-18-24-15-23(26-11-13-36-33-27(26)12-14-37-33)17-30(29(24)20-38-31)39-32(21-7-3-1-4-8-21)22-9-5-2-6-10-22/h1-15,17-18,20,25,28H,16H2,(H,36,37)(H,38,40,41). The quantitative estimate of drug-likeness (QED) is 0.224. The normalized spacial score (nSPS) is 15.8. The number of carbonyl (C=O) groups excluding carboxylic acids is 1. The maximum Gasteiger partial charge on any atom is 0.230 e. The van der Waals surface area contributed by atoms with Gasteiger partial charge in [-0.3, -0.25) is 4.79 Å². The van der Waals surface area contributed by atoms with Crippen molar-refractivity contribution < 1.29 is 4.79 Å². The SMILES string of the molecule is N#CC1CC1C(=O)Nc1cc2cc(-c3ccnc4[nH]ccc34)cc(N=C(c3ccccc3)c3ccccc3)c2cn1. The first-order chi connectivity index (χ1) is 20.2. The van der Waals surface area contributed by atoms with Gasteiger partial charge < -0.3 is 10.3 Å². The van der Waals surface area contributed by atoms with Crippen LogP contribution in [-0.2, 0) is 4.79 Å². The Morgan fingerprint density at radius 3 is 2.39 bits per heavy atom. The number of nitrogens with zero attached hydrogens (tertiary/aromatic N) is 4. The second kappa shape index (κ2) is 10.2. The van der Waals surface area contributed by atoms with Gasteiger partial charge in [0.05, 0.1) is 29.3 Å². The second-order valence-electron chi connectivity index (χ2n) is 10.1. The second-order valence-corrected chi connectivity index (χ2v) is 10.1. The van der Waals surface area contributed by atoms with E-state index in [1.165, 1.54) is 0 Å². The first-order valence-electron chi connectivity index (χ1n) is 13.4. The number of rotatable bonds is 6. The van der Waals surface area contributed by atoms with E-state index in [2.05, 4.69) is 62.7 Å². The van der Waals surface area contributed by atoms with Crippen LogP contribution in [0.4, 0.5) is 11.5 Å². The number of aliphatic imine (C=N–C) groups is 1. The molecule has 1 saturated carbocycles. The Morgan fingerprint density at radius 1 is 0.927 bits per heavy atom. The number of carbonyl (C=O) groups is 1. The van der Waals surface area contributed by atoms with E-state index >= 15 is 0 Å². The van der Waals surface area contributed by atoms with Crippen LogP contribution in [0.15, 0.2) is 115 Å². The summed E-state index contributed by atoms with van der Waals surface area (Å²) < 4.78 is 0. The summed E-state index contributed by atoms with van der Waals surface area (Å²) in [6, 6.07) is 32.5. The molecule has 2 atom stereocenters. The molecular formula is C34H24N6O. The first kappa shape index (κ1) is 24.4. The Morgan fingerprint density at radius 2 is 1.68 bits per heavy atom. The number of anilines is 1. The maximum atomic E-state index is 12.7. The average molecular weight is 533 g/mol. The molecule has 1 aliphatic rings. The molecule has 7 heteroatoms. The van der Waals surface area contributed by atoms with Crippen LogP contribution in [0.25, 0.3) is 32.9 Å². The van der Waals surface area contributed by atoms with Gasteiger partial charge in [-0.05, 0) is 53.3 Å². The Kier molecular flexibility index (Phi) is 6.06. The van der Waals surface area contributed by atoms with E-state index in [1.54, 1.807) is 12.4 Å². The van der Waals surface area contributed by atoms with Crippen molar-refractivity contribution in [2.75, 3.05) is 5.32 Å². The number of aromatic amines is 1. The molecular weight excluding hydrogens is 508 g/mol. The topological polar surface area (TPSA) is 107 Å². The van der Waals surface area contributed by atoms with E-state index in [0.717, 1.165) is 55.5 Å². The van der Waals surface area contributed by atoms with E-state index < -0.39 is 0 Å². The molecule has 0 bridgehead atoms. The van der Waals surface area contributed by atoms with Crippen molar-refractivity contribution in [1.29, 1.82) is 5.26 Å². The number of benzene rings is 3. The number of pyridine rings is 2. The number of nitrogens with one attached hydrogen (secondary N) is 2. The number of amides is 1. The van der Waals surface area contributed by atoms with Crippen molar-refractivity contribution in [1.82, 2.24) is 15.0 Å². The maximum absolute atomic E-state index is 12.7. The number of aromatic nitrogens is 3. The fourth-order valence-corrected chi connectivity index (χ4v) is 5.22. The van der Waals surface area contributed by atoms with Crippen molar-refractivity contribution in [3.05, 3.63) is 121 Å². The Hall–Kier alpha value is -5.61. The van der Waals surface area contributed by atoms with Gasteiger partial charge in [0.25, 0.3) is 0 Å². The fraction of sp³-hybridized carbons (Fsp3) is 0.0882. The summed E-state index contributed by atoms with van der Waals surface area (Å²) in [5.41, 5.74) is 6.41. The number of nitriles is 1. The molecule has 7 rings (SSSR count). The van der Waals surface area contributed by atoms with Crippen LogP contribution in [0.1, 0.15) is 17.5 Å². The Labute approximate surface area is 236 Å². The summed E-state index contributed by atoms with van der Waals surface area (Å²) >= 11 is 0. The lowest BCUT2D eigenvalue weighted by atomic mass is 9.98. The summed E-state index contributed by atoms with van der Waals surface area (Å²) in [5, 5.41) is 14.8. The number of fused-ring (bicyclic) bond motifs is 2. The fourth-order valence-electron chi connectivity index (χ4n) is 5.22. The largest absolute Gasteiger partial charge is 0.346 e. The molecule has 1 amide bonds. The Balaban J connectivity index is 1.42. The zero-order chi connectivity index (χ0) is 27.8. The van der Waals surface area contributed by atoms with Crippen LogP contribution in [0.3, 0.4) is 0 Å². The molecule has 3 heterocycles. The lowest BCUT2D eigenvalue weighted by molar-refractivity contribution is -0.117. The van der Waals surface area contributed by atoms with E-state index in [1.807, 2.05) is 60.8 Å². The van der Waals surface area contributed by atoms with Gasteiger partial charge in [-0.2, -0.15) is 5.26 Å². The predicted octanol–water partition coefficient (Wildman–Crippen LogP) is 7.05. The lowest BCUT2D eigenvalue weighted by Crippen LogP contribution is -2.15. The summed E-state index contributed by atoms with van der Waals surface area (Å²) in [4.78, 5) is 30.2. The van der Waals surface area contributed by atoms with Crippen LogP contribution in [-0.4, -0.2) is 26.6 Å². The lowest BCUT2D eigenvalue weighted by Gasteiger charge is -2.13. The molecule has 196 valence electrons. The monoisotopic (exact) mass is 532 g/mol. The minimum Gasteiger partial charge on any atom is -0.346 e. The van der Waals surface area contributed by atoms with Crippen molar-refractivity contribution in [2.24, 2.45) is 16.8 Å². The summed E-state index contributed by atoms with van der Waals surface area (Å²) in [5.74, 6) is -0.211. The summed E-state index contributed by atoms with van der Waals surface area (Å²) in [6.45, 7) is 0. The van der Waals surface area contributed by atoms with Crippen molar-refractivity contribution >= 4 is 44.9 Å². The molecule has 3 aromatic heterocycles. The van der Waals surface area contributed by atoms with Gasteiger partial charge in [-0.1, -0.05) is 60.7 Å². The Bertz CT molecular complexity index is 1950. The van der Waals surface area contributed by atoms with E-state index in [0.29, 0.717) is 12.2 Å². The van der Waals surface area contributed by atoms with Crippen LogP contribution < -0.4 is 5.32 Å². The third kappa shape index (κ3) is 4.72. The van der Waals surface area contributed by atoms with Crippen LogP contribution >= 0.6 is 0 Å². The van der Waals surface area contributed by atoms with Crippen molar-refractivity contribution in [3.8, 4) is 17.2 Å². The zero-order valence-electron chi connectivity index (χ0n) is 22.0. The van der Waals surface area contributed by atoms with Crippen LogP contribution in [0.5, 0.6) is 0 Å². The van der Waals surface area contributed by atoms with Gasteiger partial charge in [0.1, 0.15) is 11.5 Å². The van der Waals surface area contributed by atoms with Gasteiger partial charge >= 0.3 is 0 Å². The van der Waals surface area contributed by atoms with Gasteiger partial charge in [0, 0.05) is 40.5 Å². The molecule has 2 unspecified atom stereocenters. The third-order valence-corrected chi connectivity index (χ3v) is 7.46. The van der Waals surface area contributed by atoms with E-state index in [-0.39, 0.29) is 17.7 Å². The summed E-state index contributed by atoms with van der Waals surface area (Å²) in [6.07, 6.45) is 6.03. The smallest absolute Gasteiger partial charge is 0.230 e. The number of H-pyrrole nitrogens is 1. The highest BCUT2D eigenvalue weighted by atomic mass is 16.2. The highest BCUT2D eigenvalue weighted by Gasteiger charge is 2.43. The molecule has 7 nitrogen and oxygen atoms in total. The van der Waals surface area contributed by atoms with Gasteiger partial charge in [0.15, 0.2) is 0 Å². The van der Waals surface area contributed by atoms with Crippen LogP contribution in [0, 0.1) is 23.2 Å². The molecule has 1 aliphatic carbocycles. The minimum atomic E-state index is -0.276. The molecule has 1 fully saturated rings. The molecule has 0 saturated heterocycles. The highest BCUT2D eigenvalue weighted by molar-refractivity contribution is 6.15. The number of hydrogen-bond acceptors (Lipinski definition) is 5. The molecule has 0 radical (unpaired) electrons. The highest BCUT2D eigenvalue weighted by Crippen LogP contribution is 2.39. The van der Waals surface area contributed by atoms with E-state index in [4.69, 9.17) is 10.3 Å². The van der Waals surface area contributed by atoms with Crippen LogP contribution in [0.2, 0.25) is 0 Å². The summed E-state index contributed by atoms with van der Waals surface area (Å²) in [7, 11) is 0. The van der Waals surface area contributed by atoms with Gasteiger partial charge in [-0.15, -0.1) is 0 Å². The molecule has 41 heavy (non-hydrogen) atoms. The van der Waals surface area contributed by atoms with Crippen molar-refractivity contribution in [2.45, 2.75) is 6.42 Å². The third-order valence-electron chi connectivity index (χ3n) is 7.46. The molecule has 0 aliphatic heterocycles. The minimum absolute atomic E-state index is 0.170. The van der Waals surface area contributed by atoms with Gasteiger partial charge in [0.2, 0.25) is 5.91 Å². The molecule has 2 N–H and O–H groups in total. The average Bonchev–Trinajstić information content (AvgIpc) is 3.66. The van der Waals surface area contributed by atoms with Gasteiger partial charge in [-0.25, -0.2) is 15.0 Å². The first-order valence-corrected chi connectivity index (χ1v) is 13.4. The molecule has 0 spiro atoms. The molecule has 3 aromatic carbocycles.